The Morgan fingerprint density at radius 2 is 1.60 bits per heavy atom. The highest BCUT2D eigenvalue weighted by Gasteiger charge is 2.18. The molecule has 0 saturated carbocycles. The third-order valence-electron chi connectivity index (χ3n) is 3.98. The van der Waals surface area contributed by atoms with E-state index in [9.17, 15) is 4.79 Å². The van der Waals surface area contributed by atoms with Gasteiger partial charge >= 0.3 is 0 Å². The Kier molecular flexibility index (Phi) is 4.21. The van der Waals surface area contributed by atoms with Crippen molar-refractivity contribution in [1.82, 2.24) is 4.90 Å². The monoisotopic (exact) mass is 273 g/mol. The first kappa shape index (κ1) is 13.4. The Hall–Kier alpha value is -1.55. The van der Waals surface area contributed by atoms with Crippen molar-refractivity contribution in [3.8, 4) is 0 Å². The van der Waals surface area contributed by atoms with E-state index < -0.39 is 0 Å². The summed E-state index contributed by atoms with van der Waals surface area (Å²) in [6, 6.07) is 8.00. The number of hydrogen-bond donors (Lipinski definition) is 0. The molecule has 4 heteroatoms. The molecule has 2 aliphatic heterocycles. The molecule has 0 atom stereocenters. The quantitative estimate of drug-likeness (QED) is 0.826. The largest absolute Gasteiger partial charge is 0.378 e. The molecular formula is C16H21N2O2. The minimum atomic E-state index is 0.159. The van der Waals surface area contributed by atoms with Gasteiger partial charge in [-0.05, 0) is 43.5 Å². The van der Waals surface area contributed by atoms with Crippen LogP contribution >= 0.6 is 0 Å². The molecule has 1 aromatic carbocycles. The fraction of sp³-hybridized carbons (Fsp3) is 0.500. The van der Waals surface area contributed by atoms with Gasteiger partial charge < -0.3 is 14.5 Å². The molecule has 4 nitrogen and oxygen atoms in total. The number of hydrogen-bond acceptors (Lipinski definition) is 3. The SMILES string of the molecule is O=C(c1ccc(N2CCOCC2)cc1)N1CC[CH]CC1. The highest BCUT2D eigenvalue weighted by molar-refractivity contribution is 5.94. The minimum absolute atomic E-state index is 0.159. The normalized spacial score (nSPS) is 20.0. The van der Waals surface area contributed by atoms with Crippen molar-refractivity contribution in [3.63, 3.8) is 0 Å². The lowest BCUT2D eigenvalue weighted by Crippen LogP contribution is -2.36. The van der Waals surface area contributed by atoms with E-state index in [4.69, 9.17) is 4.74 Å². The molecule has 0 aromatic heterocycles. The number of ether oxygens (including phenoxy) is 1. The van der Waals surface area contributed by atoms with Crippen LogP contribution < -0.4 is 4.90 Å². The average molecular weight is 273 g/mol. The lowest BCUT2D eigenvalue weighted by Gasteiger charge is -2.29. The van der Waals surface area contributed by atoms with Crippen molar-refractivity contribution in [2.24, 2.45) is 0 Å². The summed E-state index contributed by atoms with van der Waals surface area (Å²) in [5, 5.41) is 0. The topological polar surface area (TPSA) is 32.8 Å². The first-order chi connectivity index (χ1) is 9.84. The molecule has 2 heterocycles. The second-order valence-electron chi connectivity index (χ2n) is 5.30. The molecule has 107 valence electrons. The summed E-state index contributed by atoms with van der Waals surface area (Å²) >= 11 is 0. The van der Waals surface area contributed by atoms with Crippen LogP contribution in [-0.4, -0.2) is 50.2 Å². The van der Waals surface area contributed by atoms with E-state index in [1.807, 2.05) is 17.0 Å². The number of amides is 1. The summed E-state index contributed by atoms with van der Waals surface area (Å²) < 4.78 is 5.36. The molecule has 20 heavy (non-hydrogen) atoms. The van der Waals surface area contributed by atoms with Crippen LogP contribution in [-0.2, 0) is 4.74 Å². The smallest absolute Gasteiger partial charge is 0.253 e. The Labute approximate surface area is 120 Å². The number of likely N-dealkylation sites (tertiary alicyclic amines) is 1. The predicted molar refractivity (Wildman–Crippen MR) is 78.9 cm³/mol. The third kappa shape index (κ3) is 2.96. The van der Waals surface area contributed by atoms with Gasteiger partial charge in [-0.1, -0.05) is 0 Å². The van der Waals surface area contributed by atoms with Crippen LogP contribution in [0.25, 0.3) is 0 Å². The predicted octanol–water partition coefficient (Wildman–Crippen LogP) is 1.96. The van der Waals surface area contributed by atoms with E-state index >= 15 is 0 Å². The minimum Gasteiger partial charge on any atom is -0.378 e. The highest BCUT2D eigenvalue weighted by Crippen LogP contribution is 2.18. The van der Waals surface area contributed by atoms with E-state index in [2.05, 4.69) is 23.5 Å². The zero-order chi connectivity index (χ0) is 13.8. The summed E-state index contributed by atoms with van der Waals surface area (Å²) in [6.07, 6.45) is 4.28. The van der Waals surface area contributed by atoms with Crippen LogP contribution in [0.2, 0.25) is 0 Å². The summed E-state index contributed by atoms with van der Waals surface area (Å²) in [4.78, 5) is 16.6. The molecular weight excluding hydrogens is 252 g/mol. The molecule has 0 N–H and O–H groups in total. The van der Waals surface area contributed by atoms with E-state index in [-0.39, 0.29) is 5.91 Å². The zero-order valence-electron chi connectivity index (χ0n) is 11.8. The molecule has 3 rings (SSSR count). The van der Waals surface area contributed by atoms with E-state index in [1.54, 1.807) is 0 Å². The number of anilines is 1. The maximum atomic E-state index is 12.4. The molecule has 2 fully saturated rings. The number of nitrogens with zero attached hydrogens (tertiary/aromatic N) is 2. The number of carbonyl (C=O) groups excluding carboxylic acids is 1. The first-order valence-corrected chi connectivity index (χ1v) is 7.38. The molecule has 1 amide bonds. The van der Waals surface area contributed by atoms with E-state index in [0.29, 0.717) is 0 Å². The molecule has 0 bridgehead atoms. The van der Waals surface area contributed by atoms with Gasteiger partial charge in [0.05, 0.1) is 13.2 Å². The van der Waals surface area contributed by atoms with E-state index in [0.717, 1.165) is 57.8 Å². The third-order valence-corrected chi connectivity index (χ3v) is 3.98. The second-order valence-corrected chi connectivity index (χ2v) is 5.30. The molecule has 1 radical (unpaired) electrons. The Morgan fingerprint density at radius 1 is 0.950 bits per heavy atom. The average Bonchev–Trinajstić information content (AvgIpc) is 2.56. The Balaban J connectivity index is 1.67. The lowest BCUT2D eigenvalue weighted by molar-refractivity contribution is 0.0742. The standard InChI is InChI=1S/C16H21N2O2/c19-16(18-8-2-1-3-9-18)14-4-6-15(7-5-14)17-10-12-20-13-11-17/h1,4-7H,2-3,8-13H2. The van der Waals surface area contributed by atoms with Crippen LogP contribution in [0, 0.1) is 6.42 Å². The Morgan fingerprint density at radius 3 is 2.25 bits per heavy atom. The maximum absolute atomic E-state index is 12.4. The van der Waals surface area contributed by atoms with Gasteiger partial charge in [-0.25, -0.2) is 0 Å². The Bertz CT molecular complexity index is 446. The van der Waals surface area contributed by atoms with Crippen molar-refractivity contribution in [2.45, 2.75) is 12.8 Å². The molecule has 2 saturated heterocycles. The van der Waals surface area contributed by atoms with Gasteiger partial charge in [0.2, 0.25) is 0 Å². The summed E-state index contributed by atoms with van der Waals surface area (Å²) in [6.45, 7) is 5.12. The summed E-state index contributed by atoms with van der Waals surface area (Å²) in [7, 11) is 0. The van der Waals surface area contributed by atoms with Crippen LogP contribution in [0.15, 0.2) is 24.3 Å². The van der Waals surface area contributed by atoms with Crippen LogP contribution in [0.1, 0.15) is 23.2 Å². The van der Waals surface area contributed by atoms with Crippen LogP contribution in [0.4, 0.5) is 5.69 Å². The van der Waals surface area contributed by atoms with Crippen molar-refractivity contribution in [2.75, 3.05) is 44.3 Å². The van der Waals surface area contributed by atoms with Crippen LogP contribution in [0.3, 0.4) is 0 Å². The molecule has 0 unspecified atom stereocenters. The van der Waals surface area contributed by atoms with E-state index in [1.165, 1.54) is 5.69 Å². The van der Waals surface area contributed by atoms with Crippen molar-refractivity contribution in [3.05, 3.63) is 36.2 Å². The highest BCUT2D eigenvalue weighted by atomic mass is 16.5. The molecule has 1 aromatic rings. The van der Waals surface area contributed by atoms with Crippen molar-refractivity contribution in [1.29, 1.82) is 0 Å². The number of morpholine rings is 1. The molecule has 0 spiro atoms. The van der Waals surface area contributed by atoms with Gasteiger partial charge in [0, 0.05) is 37.4 Å². The van der Waals surface area contributed by atoms with Crippen molar-refractivity contribution < 1.29 is 9.53 Å². The molecule has 0 aliphatic carbocycles. The lowest BCUT2D eigenvalue weighted by atomic mass is 10.1. The van der Waals surface area contributed by atoms with Gasteiger partial charge in [0.25, 0.3) is 5.91 Å². The maximum Gasteiger partial charge on any atom is 0.253 e. The van der Waals surface area contributed by atoms with Gasteiger partial charge in [-0.15, -0.1) is 0 Å². The number of benzene rings is 1. The van der Waals surface area contributed by atoms with Gasteiger partial charge in [-0.2, -0.15) is 0 Å². The van der Waals surface area contributed by atoms with Gasteiger partial charge in [-0.3, -0.25) is 4.79 Å². The number of rotatable bonds is 2. The second kappa shape index (κ2) is 6.27. The first-order valence-electron chi connectivity index (χ1n) is 7.38. The fourth-order valence-corrected chi connectivity index (χ4v) is 2.77. The van der Waals surface area contributed by atoms with Crippen LogP contribution in [0.5, 0.6) is 0 Å². The fourth-order valence-electron chi connectivity index (χ4n) is 2.77. The summed E-state index contributed by atoms with van der Waals surface area (Å²) in [5.74, 6) is 0.159. The number of piperidine rings is 1. The number of carbonyl (C=O) groups is 1. The van der Waals surface area contributed by atoms with Crippen molar-refractivity contribution >= 4 is 11.6 Å². The molecule has 2 aliphatic rings. The van der Waals surface area contributed by atoms with Gasteiger partial charge in [0.1, 0.15) is 0 Å². The zero-order valence-corrected chi connectivity index (χ0v) is 11.8. The van der Waals surface area contributed by atoms with Gasteiger partial charge in [0.15, 0.2) is 0 Å². The summed E-state index contributed by atoms with van der Waals surface area (Å²) in [5.41, 5.74) is 1.97.